The molecule has 0 radical (unpaired) electrons. The summed E-state index contributed by atoms with van der Waals surface area (Å²) in [5.41, 5.74) is 2.30. The van der Waals surface area contributed by atoms with E-state index < -0.39 is 0 Å². The number of fused-ring (bicyclic) bond motifs is 2. The monoisotopic (exact) mass is 350 g/mol. The second-order valence-corrected chi connectivity index (χ2v) is 7.03. The van der Waals surface area contributed by atoms with Gasteiger partial charge in [0, 0.05) is 14.7 Å². The van der Waals surface area contributed by atoms with Gasteiger partial charge in [-0.25, -0.2) is 0 Å². The highest BCUT2D eigenvalue weighted by molar-refractivity contribution is 7.81. The first-order valence-electron chi connectivity index (χ1n) is 7.30. The van der Waals surface area contributed by atoms with E-state index in [9.17, 15) is 0 Å². The molecule has 4 aromatic rings. The molecule has 0 aliphatic carbocycles. The molecule has 112 valence electrons. The van der Waals surface area contributed by atoms with Crippen LogP contribution in [0.25, 0.3) is 32.7 Å². The van der Waals surface area contributed by atoms with Crippen LogP contribution in [-0.4, -0.2) is 0 Å². The maximum Gasteiger partial charge on any atom is 0.0125 e. The Bertz CT molecular complexity index is 1050. The average Bonchev–Trinajstić information content (AvgIpc) is 2.56. The second kappa shape index (κ2) is 5.82. The van der Waals surface area contributed by atoms with Crippen molar-refractivity contribution in [2.45, 2.75) is 14.7 Å². The summed E-state index contributed by atoms with van der Waals surface area (Å²) in [6.45, 7) is 0. The third-order valence-corrected chi connectivity index (χ3v) is 5.29. The molecule has 0 fully saturated rings. The molecule has 0 nitrogen and oxygen atoms in total. The van der Waals surface area contributed by atoms with Crippen LogP contribution in [0.1, 0.15) is 0 Å². The predicted molar refractivity (Wildman–Crippen MR) is 109 cm³/mol. The van der Waals surface area contributed by atoms with E-state index in [-0.39, 0.29) is 0 Å². The Morgan fingerprint density at radius 2 is 1.17 bits per heavy atom. The first-order valence-corrected chi connectivity index (χ1v) is 8.64. The molecular formula is C20H14S3. The Hall–Kier alpha value is -1.55. The van der Waals surface area contributed by atoms with Crippen molar-refractivity contribution in [3.63, 3.8) is 0 Å². The molecule has 0 saturated heterocycles. The SMILES string of the molecule is Sc1cccc2ccc(-c3cc(S)c4cccc(S)c4c3)cc12. The van der Waals surface area contributed by atoms with Crippen LogP contribution >= 0.6 is 37.9 Å². The van der Waals surface area contributed by atoms with E-state index >= 15 is 0 Å². The first-order chi connectivity index (χ1) is 11.1. The lowest BCUT2D eigenvalue weighted by Crippen LogP contribution is -1.84. The van der Waals surface area contributed by atoms with Gasteiger partial charge in [-0.2, -0.15) is 0 Å². The average molecular weight is 351 g/mol. The molecule has 0 aliphatic rings. The minimum atomic E-state index is 0.965. The summed E-state index contributed by atoms with van der Waals surface area (Å²) in [6.07, 6.45) is 0. The molecule has 0 heterocycles. The molecule has 0 atom stereocenters. The Kier molecular flexibility index (Phi) is 3.80. The summed E-state index contributed by atoms with van der Waals surface area (Å²) in [5, 5.41) is 4.61. The molecule has 0 amide bonds. The topological polar surface area (TPSA) is 0 Å². The lowest BCUT2D eigenvalue weighted by Gasteiger charge is -2.10. The van der Waals surface area contributed by atoms with Gasteiger partial charge in [0.05, 0.1) is 0 Å². The molecule has 0 aliphatic heterocycles. The zero-order valence-corrected chi connectivity index (χ0v) is 14.9. The van der Waals surface area contributed by atoms with E-state index in [4.69, 9.17) is 0 Å². The highest BCUT2D eigenvalue weighted by Gasteiger charge is 2.07. The number of rotatable bonds is 1. The maximum absolute atomic E-state index is 4.66. The van der Waals surface area contributed by atoms with Gasteiger partial charge in [0.1, 0.15) is 0 Å². The van der Waals surface area contributed by atoms with Gasteiger partial charge in [-0.1, -0.05) is 36.4 Å². The van der Waals surface area contributed by atoms with Crippen molar-refractivity contribution in [2.75, 3.05) is 0 Å². The number of hydrogen-bond donors (Lipinski definition) is 3. The van der Waals surface area contributed by atoms with Gasteiger partial charge < -0.3 is 0 Å². The first kappa shape index (κ1) is 15.0. The molecule has 23 heavy (non-hydrogen) atoms. The summed E-state index contributed by atoms with van der Waals surface area (Å²) < 4.78 is 0. The Labute approximate surface area is 151 Å². The minimum absolute atomic E-state index is 0.965. The summed E-state index contributed by atoms with van der Waals surface area (Å²) >= 11 is 13.8. The zero-order valence-electron chi connectivity index (χ0n) is 12.2. The molecule has 0 bridgehead atoms. The Morgan fingerprint density at radius 3 is 2.00 bits per heavy atom. The van der Waals surface area contributed by atoms with Gasteiger partial charge in [-0.05, 0) is 63.0 Å². The molecule has 3 heteroatoms. The van der Waals surface area contributed by atoms with Crippen molar-refractivity contribution in [1.82, 2.24) is 0 Å². The van der Waals surface area contributed by atoms with Crippen molar-refractivity contribution >= 4 is 59.4 Å². The van der Waals surface area contributed by atoms with E-state index in [0.29, 0.717) is 0 Å². The van der Waals surface area contributed by atoms with E-state index in [1.54, 1.807) is 0 Å². The number of thiol groups is 3. The van der Waals surface area contributed by atoms with Gasteiger partial charge in [0.2, 0.25) is 0 Å². The van der Waals surface area contributed by atoms with E-state index in [0.717, 1.165) is 42.0 Å². The largest absolute Gasteiger partial charge is 0.143 e. The third-order valence-electron chi connectivity index (χ3n) is 4.14. The molecule has 0 saturated carbocycles. The summed E-state index contributed by atoms with van der Waals surface area (Å²) in [5.74, 6) is 0. The normalized spacial score (nSPS) is 11.3. The van der Waals surface area contributed by atoms with Gasteiger partial charge in [-0.15, -0.1) is 37.9 Å². The second-order valence-electron chi connectivity index (χ2n) is 5.58. The van der Waals surface area contributed by atoms with Gasteiger partial charge in [-0.3, -0.25) is 0 Å². The van der Waals surface area contributed by atoms with Crippen molar-refractivity contribution in [3.8, 4) is 11.1 Å². The Morgan fingerprint density at radius 1 is 0.478 bits per heavy atom. The van der Waals surface area contributed by atoms with Crippen LogP contribution in [0.4, 0.5) is 0 Å². The third kappa shape index (κ3) is 2.63. The zero-order chi connectivity index (χ0) is 16.0. The van der Waals surface area contributed by atoms with Crippen LogP contribution in [0.3, 0.4) is 0 Å². The lowest BCUT2D eigenvalue weighted by atomic mass is 9.98. The van der Waals surface area contributed by atoms with Crippen molar-refractivity contribution in [2.24, 2.45) is 0 Å². The van der Waals surface area contributed by atoms with Crippen molar-refractivity contribution in [1.29, 1.82) is 0 Å². The van der Waals surface area contributed by atoms with E-state index in [1.165, 1.54) is 5.39 Å². The van der Waals surface area contributed by atoms with Gasteiger partial charge in [0.15, 0.2) is 0 Å². The van der Waals surface area contributed by atoms with E-state index in [1.807, 2.05) is 24.3 Å². The van der Waals surface area contributed by atoms with Crippen molar-refractivity contribution in [3.05, 3.63) is 66.7 Å². The molecule has 4 rings (SSSR count). The van der Waals surface area contributed by atoms with Gasteiger partial charge >= 0.3 is 0 Å². The van der Waals surface area contributed by atoms with Gasteiger partial charge in [0.25, 0.3) is 0 Å². The van der Waals surface area contributed by atoms with Crippen LogP contribution in [-0.2, 0) is 0 Å². The Balaban J connectivity index is 1.99. The van der Waals surface area contributed by atoms with Crippen LogP contribution < -0.4 is 0 Å². The van der Waals surface area contributed by atoms with Crippen LogP contribution in [0, 0.1) is 0 Å². The summed E-state index contributed by atoms with van der Waals surface area (Å²) in [7, 11) is 0. The molecule has 0 N–H and O–H groups in total. The number of hydrogen-bond acceptors (Lipinski definition) is 3. The number of benzene rings is 4. The summed E-state index contributed by atoms with van der Waals surface area (Å²) in [6, 6.07) is 23.0. The molecule has 0 spiro atoms. The summed E-state index contributed by atoms with van der Waals surface area (Å²) in [4.78, 5) is 2.93. The minimum Gasteiger partial charge on any atom is -0.143 e. The fourth-order valence-electron chi connectivity index (χ4n) is 2.95. The molecule has 0 aromatic heterocycles. The maximum atomic E-state index is 4.66. The van der Waals surface area contributed by atoms with Crippen molar-refractivity contribution < 1.29 is 0 Å². The fraction of sp³-hybridized carbons (Fsp3) is 0. The predicted octanol–water partition coefficient (Wildman–Crippen LogP) is 6.53. The highest BCUT2D eigenvalue weighted by atomic mass is 32.1. The fourth-order valence-corrected chi connectivity index (χ4v) is 3.84. The van der Waals surface area contributed by atoms with Crippen LogP contribution in [0.2, 0.25) is 0 Å². The van der Waals surface area contributed by atoms with Crippen LogP contribution in [0.15, 0.2) is 81.4 Å². The lowest BCUT2D eigenvalue weighted by molar-refractivity contribution is 1.48. The van der Waals surface area contributed by atoms with E-state index in [2.05, 4.69) is 80.4 Å². The quantitative estimate of drug-likeness (QED) is 0.320. The molecule has 0 unspecified atom stereocenters. The molecular weight excluding hydrogens is 336 g/mol. The highest BCUT2D eigenvalue weighted by Crippen LogP contribution is 2.34. The standard InChI is InChI=1S/C20H14S3/c21-18-5-1-3-12-7-8-13(9-16(12)18)14-10-17-15(20(23)11-14)4-2-6-19(17)22/h1-11,21-23H. The smallest absolute Gasteiger partial charge is 0.0125 e. The van der Waals surface area contributed by atoms with Crippen LogP contribution in [0.5, 0.6) is 0 Å². The molecule has 4 aromatic carbocycles.